The van der Waals surface area contributed by atoms with Crippen LogP contribution in [0.4, 0.5) is 0 Å². The van der Waals surface area contributed by atoms with Gasteiger partial charge in [-0.2, -0.15) is 0 Å². The fraction of sp³-hybridized carbons (Fsp3) is 0.733. The lowest BCUT2D eigenvalue weighted by Crippen LogP contribution is -2.49. The van der Waals surface area contributed by atoms with Gasteiger partial charge < -0.3 is 14.6 Å². The molecule has 0 bridgehead atoms. The van der Waals surface area contributed by atoms with Gasteiger partial charge in [0, 0.05) is 37.8 Å². The first-order chi connectivity index (χ1) is 9.20. The maximum absolute atomic E-state index is 5.61. The Morgan fingerprint density at radius 1 is 1.42 bits per heavy atom. The van der Waals surface area contributed by atoms with E-state index in [1.54, 1.807) is 0 Å². The van der Waals surface area contributed by atoms with Crippen LogP contribution < -0.4 is 5.32 Å². The number of nitrogens with zero attached hydrogens (tertiary/aromatic N) is 2. The molecular formula is C15H27N3O. The quantitative estimate of drug-likeness (QED) is 0.796. The summed E-state index contributed by atoms with van der Waals surface area (Å²) in [7, 11) is 2.20. The van der Waals surface area contributed by atoms with Gasteiger partial charge in [0.1, 0.15) is 5.76 Å². The minimum Gasteiger partial charge on any atom is -0.468 e. The molecule has 1 fully saturated rings. The average molecular weight is 265 g/mol. The van der Waals surface area contributed by atoms with Gasteiger partial charge >= 0.3 is 0 Å². The van der Waals surface area contributed by atoms with E-state index in [1.165, 1.54) is 5.56 Å². The number of nitrogens with one attached hydrogen (secondary N) is 1. The molecule has 1 saturated heterocycles. The summed E-state index contributed by atoms with van der Waals surface area (Å²) < 4.78 is 5.61. The number of furan rings is 1. The van der Waals surface area contributed by atoms with E-state index in [1.807, 2.05) is 6.26 Å². The number of likely N-dealkylation sites (N-methyl/N-ethyl adjacent to an activating group) is 1. The zero-order valence-corrected chi connectivity index (χ0v) is 12.5. The third-order valence-electron chi connectivity index (χ3n) is 3.89. The van der Waals surface area contributed by atoms with Gasteiger partial charge in [-0.25, -0.2) is 0 Å². The molecule has 0 radical (unpaired) electrons. The molecule has 1 aliphatic rings. The summed E-state index contributed by atoms with van der Waals surface area (Å²) in [6.07, 6.45) is 2.98. The van der Waals surface area contributed by atoms with E-state index in [0.29, 0.717) is 6.04 Å². The molecule has 4 nitrogen and oxygen atoms in total. The van der Waals surface area contributed by atoms with Crippen molar-refractivity contribution >= 4 is 0 Å². The van der Waals surface area contributed by atoms with Gasteiger partial charge in [-0.15, -0.1) is 0 Å². The fourth-order valence-corrected chi connectivity index (χ4v) is 2.67. The van der Waals surface area contributed by atoms with Crippen molar-refractivity contribution in [2.24, 2.45) is 0 Å². The first-order valence-electron chi connectivity index (χ1n) is 7.39. The van der Waals surface area contributed by atoms with Crippen molar-refractivity contribution in [3.05, 3.63) is 23.7 Å². The van der Waals surface area contributed by atoms with Gasteiger partial charge in [0.2, 0.25) is 0 Å². The van der Waals surface area contributed by atoms with Crippen LogP contribution in [0.5, 0.6) is 0 Å². The summed E-state index contributed by atoms with van der Waals surface area (Å²) in [5.74, 6) is 1.10. The van der Waals surface area contributed by atoms with Crippen molar-refractivity contribution in [1.29, 1.82) is 0 Å². The lowest BCUT2D eigenvalue weighted by molar-refractivity contribution is 0.0933. The SMILES string of the molecule is CCCNCc1occc1CN1CCN(C)CC1C. The Labute approximate surface area is 116 Å². The normalized spacial score (nSPS) is 21.9. The van der Waals surface area contributed by atoms with Crippen LogP contribution in [0.25, 0.3) is 0 Å². The second kappa shape index (κ2) is 7.08. The van der Waals surface area contributed by atoms with Gasteiger partial charge in [0.25, 0.3) is 0 Å². The number of hydrogen-bond acceptors (Lipinski definition) is 4. The molecule has 2 heterocycles. The molecule has 1 N–H and O–H groups in total. The van der Waals surface area contributed by atoms with Crippen LogP contribution in [-0.2, 0) is 13.1 Å². The summed E-state index contributed by atoms with van der Waals surface area (Å²) in [6.45, 7) is 10.8. The zero-order valence-electron chi connectivity index (χ0n) is 12.5. The lowest BCUT2D eigenvalue weighted by atomic mass is 10.1. The predicted octanol–water partition coefficient (Wildman–Crippen LogP) is 1.92. The summed E-state index contributed by atoms with van der Waals surface area (Å²) in [5.41, 5.74) is 1.33. The number of rotatable bonds is 6. The van der Waals surface area contributed by atoms with E-state index in [0.717, 1.165) is 51.4 Å². The highest BCUT2D eigenvalue weighted by molar-refractivity contribution is 5.17. The standard InChI is InChI=1S/C15H27N3O/c1-4-6-16-10-15-14(5-9-19-15)12-18-8-7-17(3)11-13(18)2/h5,9,13,16H,4,6-8,10-12H2,1-3H3. The van der Waals surface area contributed by atoms with Crippen LogP contribution >= 0.6 is 0 Å². The summed E-state index contributed by atoms with van der Waals surface area (Å²) in [5, 5.41) is 3.41. The van der Waals surface area contributed by atoms with Gasteiger partial charge in [-0.05, 0) is 33.0 Å². The van der Waals surface area contributed by atoms with Crippen LogP contribution in [0.1, 0.15) is 31.6 Å². The fourth-order valence-electron chi connectivity index (χ4n) is 2.67. The minimum atomic E-state index is 0.616. The van der Waals surface area contributed by atoms with Gasteiger partial charge in [0.15, 0.2) is 0 Å². The van der Waals surface area contributed by atoms with Crippen molar-refractivity contribution in [2.75, 3.05) is 33.2 Å². The number of hydrogen-bond donors (Lipinski definition) is 1. The van der Waals surface area contributed by atoms with Crippen molar-refractivity contribution in [3.8, 4) is 0 Å². The third-order valence-corrected chi connectivity index (χ3v) is 3.89. The van der Waals surface area contributed by atoms with E-state index in [2.05, 4.69) is 42.1 Å². The molecule has 4 heteroatoms. The van der Waals surface area contributed by atoms with Crippen molar-refractivity contribution in [1.82, 2.24) is 15.1 Å². The Bertz CT molecular complexity index is 377. The van der Waals surface area contributed by atoms with Crippen LogP contribution in [0.2, 0.25) is 0 Å². The summed E-state index contributed by atoms with van der Waals surface area (Å²) in [6, 6.07) is 2.73. The molecule has 0 amide bonds. The first-order valence-corrected chi connectivity index (χ1v) is 7.39. The molecule has 19 heavy (non-hydrogen) atoms. The van der Waals surface area contributed by atoms with Crippen LogP contribution in [0.15, 0.2) is 16.7 Å². The molecular weight excluding hydrogens is 238 g/mol. The third kappa shape index (κ3) is 4.06. The van der Waals surface area contributed by atoms with Crippen LogP contribution in [0, 0.1) is 0 Å². The van der Waals surface area contributed by atoms with Crippen LogP contribution in [-0.4, -0.2) is 49.1 Å². The Kier molecular flexibility index (Phi) is 5.43. The molecule has 2 rings (SSSR count). The average Bonchev–Trinajstić information content (AvgIpc) is 2.81. The maximum atomic E-state index is 5.61. The monoisotopic (exact) mass is 265 g/mol. The van der Waals surface area contributed by atoms with E-state index in [-0.39, 0.29) is 0 Å². The molecule has 0 spiro atoms. The van der Waals surface area contributed by atoms with Gasteiger partial charge in [-0.1, -0.05) is 6.92 Å². The summed E-state index contributed by atoms with van der Waals surface area (Å²) in [4.78, 5) is 4.95. The molecule has 1 aliphatic heterocycles. The Morgan fingerprint density at radius 2 is 2.26 bits per heavy atom. The van der Waals surface area contributed by atoms with Crippen molar-refractivity contribution < 1.29 is 4.42 Å². The predicted molar refractivity (Wildman–Crippen MR) is 78.1 cm³/mol. The Hall–Kier alpha value is -0.840. The Balaban J connectivity index is 1.90. The van der Waals surface area contributed by atoms with Crippen LogP contribution in [0.3, 0.4) is 0 Å². The lowest BCUT2D eigenvalue weighted by Gasteiger charge is -2.38. The highest BCUT2D eigenvalue weighted by atomic mass is 16.3. The maximum Gasteiger partial charge on any atom is 0.122 e. The summed E-state index contributed by atoms with van der Waals surface area (Å²) >= 11 is 0. The molecule has 108 valence electrons. The Morgan fingerprint density at radius 3 is 3.00 bits per heavy atom. The molecule has 1 atom stereocenters. The van der Waals surface area contributed by atoms with E-state index < -0.39 is 0 Å². The molecule has 1 aromatic rings. The van der Waals surface area contributed by atoms with E-state index in [9.17, 15) is 0 Å². The van der Waals surface area contributed by atoms with E-state index >= 15 is 0 Å². The highest BCUT2D eigenvalue weighted by Gasteiger charge is 2.22. The minimum absolute atomic E-state index is 0.616. The smallest absolute Gasteiger partial charge is 0.122 e. The molecule has 0 aromatic carbocycles. The zero-order chi connectivity index (χ0) is 13.7. The van der Waals surface area contributed by atoms with E-state index in [4.69, 9.17) is 4.42 Å². The van der Waals surface area contributed by atoms with Gasteiger partial charge in [-0.3, -0.25) is 4.90 Å². The number of piperazine rings is 1. The molecule has 0 saturated carbocycles. The molecule has 1 unspecified atom stereocenters. The second-order valence-electron chi connectivity index (χ2n) is 5.63. The molecule has 0 aliphatic carbocycles. The van der Waals surface area contributed by atoms with Crippen molar-refractivity contribution in [2.45, 2.75) is 39.4 Å². The van der Waals surface area contributed by atoms with Gasteiger partial charge in [0.05, 0.1) is 12.8 Å². The van der Waals surface area contributed by atoms with Crippen molar-refractivity contribution in [3.63, 3.8) is 0 Å². The highest BCUT2D eigenvalue weighted by Crippen LogP contribution is 2.17. The topological polar surface area (TPSA) is 31.7 Å². The molecule has 1 aromatic heterocycles. The largest absolute Gasteiger partial charge is 0.468 e. The first kappa shape index (κ1) is 14.6. The second-order valence-corrected chi connectivity index (χ2v) is 5.63.